The highest BCUT2D eigenvalue weighted by Gasteiger charge is 2.59. The SMILES string of the molecule is O=C1OC(=O)C2C3CCC(C3)C12. The number of fused-ring (bicyclic) bond motifs is 5. The molecule has 1 heterocycles. The Balaban J connectivity index is 2.03. The number of esters is 2. The molecule has 1 aliphatic heterocycles. The molecule has 0 aromatic carbocycles. The number of carbonyl (C=O) groups excluding carboxylic acids is 2. The molecule has 12 heavy (non-hydrogen) atoms. The van der Waals surface area contributed by atoms with Crippen molar-refractivity contribution in [3.8, 4) is 0 Å². The summed E-state index contributed by atoms with van der Waals surface area (Å²) in [5.41, 5.74) is 0. The smallest absolute Gasteiger partial charge is 0.317 e. The molecule has 64 valence electrons. The van der Waals surface area contributed by atoms with Crippen molar-refractivity contribution >= 4 is 11.9 Å². The predicted octanol–water partition coefficient (Wildman–Crippen LogP) is 0.732. The number of rotatable bonds is 0. The van der Waals surface area contributed by atoms with Crippen molar-refractivity contribution < 1.29 is 14.3 Å². The molecule has 3 aliphatic rings. The van der Waals surface area contributed by atoms with Gasteiger partial charge in [0.05, 0.1) is 11.8 Å². The minimum absolute atomic E-state index is 0.0590. The standard InChI is InChI=1S/C9H10O3/c10-8-6-4-1-2-5(3-4)7(6)9(11)12-8/h4-7H,1-3H2. The Kier molecular flexibility index (Phi) is 1.05. The molecule has 0 aromatic rings. The summed E-state index contributed by atoms with van der Waals surface area (Å²) in [7, 11) is 0. The van der Waals surface area contributed by atoms with Gasteiger partial charge in [0.1, 0.15) is 0 Å². The number of cyclic esters (lactones) is 2. The van der Waals surface area contributed by atoms with Gasteiger partial charge in [-0.2, -0.15) is 0 Å². The molecule has 4 unspecified atom stereocenters. The summed E-state index contributed by atoms with van der Waals surface area (Å²) >= 11 is 0. The summed E-state index contributed by atoms with van der Waals surface area (Å²) in [6.45, 7) is 0. The van der Waals surface area contributed by atoms with Gasteiger partial charge in [0.25, 0.3) is 0 Å². The Bertz CT molecular complexity index is 245. The van der Waals surface area contributed by atoms with Crippen LogP contribution in [0.2, 0.25) is 0 Å². The molecule has 0 radical (unpaired) electrons. The molecule has 3 nitrogen and oxygen atoms in total. The van der Waals surface area contributed by atoms with Gasteiger partial charge in [-0.1, -0.05) is 0 Å². The minimum atomic E-state index is -0.253. The van der Waals surface area contributed by atoms with Crippen LogP contribution in [0.4, 0.5) is 0 Å². The monoisotopic (exact) mass is 166 g/mol. The third kappa shape index (κ3) is 0.586. The number of ether oxygens (including phenoxy) is 1. The van der Waals surface area contributed by atoms with Crippen LogP contribution >= 0.6 is 0 Å². The summed E-state index contributed by atoms with van der Waals surface area (Å²) in [6, 6.07) is 0. The maximum Gasteiger partial charge on any atom is 0.317 e. The Morgan fingerprint density at radius 3 is 2.00 bits per heavy atom. The zero-order valence-electron chi connectivity index (χ0n) is 6.66. The largest absolute Gasteiger partial charge is 0.393 e. The molecule has 0 spiro atoms. The third-order valence-corrected chi connectivity index (χ3v) is 3.66. The lowest BCUT2D eigenvalue weighted by molar-refractivity contribution is -0.154. The van der Waals surface area contributed by atoms with Crippen molar-refractivity contribution in [1.82, 2.24) is 0 Å². The third-order valence-electron chi connectivity index (χ3n) is 3.66. The first-order valence-corrected chi connectivity index (χ1v) is 4.53. The Morgan fingerprint density at radius 1 is 1.00 bits per heavy atom. The number of hydrogen-bond donors (Lipinski definition) is 0. The lowest BCUT2D eigenvalue weighted by Crippen LogP contribution is -2.24. The second-order valence-electron chi connectivity index (χ2n) is 4.12. The van der Waals surface area contributed by atoms with Gasteiger partial charge in [-0.3, -0.25) is 9.59 Å². The Morgan fingerprint density at radius 2 is 1.50 bits per heavy atom. The van der Waals surface area contributed by atoms with Crippen LogP contribution in [0.1, 0.15) is 19.3 Å². The molecule has 3 heteroatoms. The maximum atomic E-state index is 11.2. The fraction of sp³-hybridized carbons (Fsp3) is 0.778. The second-order valence-corrected chi connectivity index (χ2v) is 4.12. The second kappa shape index (κ2) is 1.90. The van der Waals surface area contributed by atoms with E-state index < -0.39 is 0 Å². The molecule has 3 rings (SSSR count). The molecule has 2 aliphatic carbocycles. The van der Waals surface area contributed by atoms with Crippen LogP contribution in [0.25, 0.3) is 0 Å². The lowest BCUT2D eigenvalue weighted by atomic mass is 9.81. The van der Waals surface area contributed by atoms with E-state index in [1.54, 1.807) is 0 Å². The Labute approximate surface area is 70.1 Å². The maximum absolute atomic E-state index is 11.2. The molecule has 0 aromatic heterocycles. The van der Waals surface area contributed by atoms with E-state index in [0.717, 1.165) is 19.3 Å². The van der Waals surface area contributed by atoms with Gasteiger partial charge in [-0.05, 0) is 31.1 Å². The van der Waals surface area contributed by atoms with Gasteiger partial charge in [-0.15, -0.1) is 0 Å². The first-order valence-electron chi connectivity index (χ1n) is 4.53. The van der Waals surface area contributed by atoms with Crippen LogP contribution in [-0.4, -0.2) is 11.9 Å². The van der Waals surface area contributed by atoms with Crippen LogP contribution in [0.3, 0.4) is 0 Å². The fourth-order valence-corrected chi connectivity index (χ4v) is 3.20. The van der Waals surface area contributed by atoms with Gasteiger partial charge in [0.2, 0.25) is 0 Å². The Hall–Kier alpha value is -0.860. The minimum Gasteiger partial charge on any atom is -0.393 e. The van der Waals surface area contributed by atoms with E-state index in [1.165, 1.54) is 0 Å². The van der Waals surface area contributed by atoms with Crippen molar-refractivity contribution in [2.75, 3.05) is 0 Å². The van der Waals surface area contributed by atoms with E-state index in [0.29, 0.717) is 11.8 Å². The van der Waals surface area contributed by atoms with Crippen molar-refractivity contribution in [2.24, 2.45) is 23.7 Å². The molecular weight excluding hydrogens is 156 g/mol. The first kappa shape index (κ1) is 6.63. The average Bonchev–Trinajstić information content (AvgIpc) is 2.64. The molecule has 0 N–H and O–H groups in total. The highest BCUT2D eigenvalue weighted by Crippen LogP contribution is 2.55. The summed E-state index contributed by atoms with van der Waals surface area (Å²) in [6.07, 6.45) is 3.32. The van der Waals surface area contributed by atoms with Gasteiger partial charge in [0.15, 0.2) is 0 Å². The van der Waals surface area contributed by atoms with Gasteiger partial charge in [0, 0.05) is 0 Å². The summed E-state index contributed by atoms with van der Waals surface area (Å²) in [4.78, 5) is 22.4. The zero-order chi connectivity index (χ0) is 8.29. The van der Waals surface area contributed by atoms with Gasteiger partial charge < -0.3 is 4.74 Å². The predicted molar refractivity (Wildman–Crippen MR) is 38.9 cm³/mol. The topological polar surface area (TPSA) is 43.4 Å². The van der Waals surface area contributed by atoms with Crippen molar-refractivity contribution in [3.05, 3.63) is 0 Å². The van der Waals surface area contributed by atoms with E-state index >= 15 is 0 Å². The molecule has 2 bridgehead atoms. The summed E-state index contributed by atoms with van der Waals surface area (Å²) < 4.78 is 4.63. The quantitative estimate of drug-likeness (QED) is 0.393. The van der Waals surface area contributed by atoms with Crippen molar-refractivity contribution in [3.63, 3.8) is 0 Å². The number of hydrogen-bond acceptors (Lipinski definition) is 3. The highest BCUT2D eigenvalue weighted by atomic mass is 16.6. The average molecular weight is 166 g/mol. The van der Waals surface area contributed by atoms with Gasteiger partial charge >= 0.3 is 11.9 Å². The lowest BCUT2D eigenvalue weighted by Gasteiger charge is -2.17. The van der Waals surface area contributed by atoms with Crippen LogP contribution in [0.5, 0.6) is 0 Å². The molecular formula is C9H10O3. The van der Waals surface area contributed by atoms with E-state index in [2.05, 4.69) is 4.74 Å². The van der Waals surface area contributed by atoms with Crippen molar-refractivity contribution in [1.29, 1.82) is 0 Å². The molecule has 2 saturated carbocycles. The van der Waals surface area contributed by atoms with Crippen LogP contribution < -0.4 is 0 Å². The van der Waals surface area contributed by atoms with Gasteiger partial charge in [-0.25, -0.2) is 0 Å². The molecule has 0 amide bonds. The van der Waals surface area contributed by atoms with E-state index in [4.69, 9.17) is 0 Å². The summed E-state index contributed by atoms with van der Waals surface area (Å²) in [5, 5.41) is 0. The van der Waals surface area contributed by atoms with E-state index in [1.807, 2.05) is 0 Å². The van der Waals surface area contributed by atoms with E-state index in [9.17, 15) is 9.59 Å². The van der Waals surface area contributed by atoms with Crippen LogP contribution in [0.15, 0.2) is 0 Å². The van der Waals surface area contributed by atoms with E-state index in [-0.39, 0.29) is 23.8 Å². The van der Waals surface area contributed by atoms with Crippen LogP contribution in [0, 0.1) is 23.7 Å². The van der Waals surface area contributed by atoms with Crippen molar-refractivity contribution in [2.45, 2.75) is 19.3 Å². The highest BCUT2D eigenvalue weighted by molar-refractivity contribution is 5.97. The molecule has 1 saturated heterocycles. The molecule has 3 fully saturated rings. The zero-order valence-corrected chi connectivity index (χ0v) is 6.66. The normalized spacial score (nSPS) is 49.7. The number of carbonyl (C=O) groups is 2. The first-order chi connectivity index (χ1) is 5.77. The fourth-order valence-electron chi connectivity index (χ4n) is 3.20. The molecule has 4 atom stereocenters. The summed E-state index contributed by atoms with van der Waals surface area (Å²) in [5.74, 6) is 0.291. The van der Waals surface area contributed by atoms with Crippen LogP contribution in [-0.2, 0) is 14.3 Å².